The predicted molar refractivity (Wildman–Crippen MR) is 177 cm³/mol. The van der Waals surface area contributed by atoms with Crippen molar-refractivity contribution in [2.24, 2.45) is 20.5 Å². The van der Waals surface area contributed by atoms with E-state index in [9.17, 15) is 13.0 Å². The van der Waals surface area contributed by atoms with Crippen molar-refractivity contribution in [3.63, 3.8) is 0 Å². The Balaban J connectivity index is 1.22. The Hall–Kier alpha value is -5.71. The third kappa shape index (κ3) is 6.07. The van der Waals surface area contributed by atoms with Gasteiger partial charge in [0.05, 0.1) is 22.7 Å². The molecule has 0 amide bonds. The van der Waals surface area contributed by atoms with E-state index < -0.39 is 10.1 Å². The van der Waals surface area contributed by atoms with Gasteiger partial charge in [-0.05, 0) is 59.7 Å². The topological polar surface area (TPSA) is 156 Å². The molecule has 0 radical (unpaired) electrons. The number of nitrogens with zero attached hydrogens (tertiary/aromatic N) is 4. The number of anilines is 2. The van der Waals surface area contributed by atoms with E-state index in [1.807, 2.05) is 72.8 Å². The van der Waals surface area contributed by atoms with Crippen LogP contribution in [-0.4, -0.2) is 13.0 Å². The first-order valence-electron chi connectivity index (χ1n) is 13.5. The molecule has 0 aliphatic heterocycles. The van der Waals surface area contributed by atoms with E-state index >= 15 is 0 Å². The van der Waals surface area contributed by atoms with Crippen molar-refractivity contribution in [2.75, 3.05) is 11.5 Å². The summed E-state index contributed by atoms with van der Waals surface area (Å²) in [6, 6.07) is 34.1. The molecule has 0 fully saturated rings. The van der Waals surface area contributed by atoms with Crippen molar-refractivity contribution in [1.82, 2.24) is 0 Å². The summed E-state index contributed by atoms with van der Waals surface area (Å²) in [6.07, 6.45) is 3.34. The van der Waals surface area contributed by atoms with Gasteiger partial charge in [0, 0.05) is 32.9 Å². The highest BCUT2D eigenvalue weighted by molar-refractivity contribution is 7.86. The van der Waals surface area contributed by atoms with E-state index in [-0.39, 0.29) is 10.6 Å². The summed E-state index contributed by atoms with van der Waals surface area (Å²) in [4.78, 5) is -0.284. The third-order valence-corrected chi connectivity index (χ3v) is 7.95. The number of fused-ring (bicyclic) bond motifs is 2. The Morgan fingerprint density at radius 1 is 0.545 bits per heavy atom. The van der Waals surface area contributed by atoms with Gasteiger partial charge < -0.3 is 11.5 Å². The fourth-order valence-corrected chi connectivity index (χ4v) is 5.50. The molecule has 0 aliphatic rings. The van der Waals surface area contributed by atoms with Gasteiger partial charge in [-0.15, -0.1) is 10.2 Å². The molecule has 0 aromatic heterocycles. The molecular weight excluding hydrogens is 572 g/mol. The van der Waals surface area contributed by atoms with Crippen LogP contribution in [0.5, 0.6) is 0 Å². The quantitative estimate of drug-likeness (QED) is 0.0722. The predicted octanol–water partition coefficient (Wildman–Crippen LogP) is 9.41. The van der Waals surface area contributed by atoms with Crippen molar-refractivity contribution in [1.29, 1.82) is 0 Å². The first kappa shape index (κ1) is 28.4. The number of benzene rings is 6. The molecule has 0 heterocycles. The SMILES string of the molecule is Nc1ccc(N=Nc2ccc(/C=C/c3ccc(N=Nc4ccc(N)c5ccccc45)cc3S(=O)(=O)O)cc2)c2ccccc12. The highest BCUT2D eigenvalue weighted by Gasteiger charge is 2.15. The van der Waals surface area contributed by atoms with Crippen LogP contribution in [0.25, 0.3) is 33.7 Å². The lowest BCUT2D eigenvalue weighted by Gasteiger charge is -2.06. The first-order chi connectivity index (χ1) is 21.3. The zero-order valence-corrected chi connectivity index (χ0v) is 24.1. The van der Waals surface area contributed by atoms with Gasteiger partial charge in [-0.3, -0.25) is 4.55 Å². The van der Waals surface area contributed by atoms with Gasteiger partial charge in [0.15, 0.2) is 0 Å². The number of hydrogen-bond acceptors (Lipinski definition) is 8. The number of nitrogen functional groups attached to an aromatic ring is 2. The molecule has 216 valence electrons. The Morgan fingerprint density at radius 2 is 1.05 bits per heavy atom. The van der Waals surface area contributed by atoms with Crippen LogP contribution in [0.4, 0.5) is 34.1 Å². The van der Waals surface area contributed by atoms with Gasteiger partial charge >= 0.3 is 0 Å². The molecule has 0 atom stereocenters. The van der Waals surface area contributed by atoms with Gasteiger partial charge in [0.1, 0.15) is 4.90 Å². The number of rotatable bonds is 7. The summed E-state index contributed by atoms with van der Waals surface area (Å²) in [5.74, 6) is 0. The van der Waals surface area contributed by atoms with E-state index in [2.05, 4.69) is 20.5 Å². The van der Waals surface area contributed by atoms with Gasteiger partial charge in [0.2, 0.25) is 0 Å². The van der Waals surface area contributed by atoms with Crippen LogP contribution in [0.15, 0.2) is 141 Å². The van der Waals surface area contributed by atoms with Gasteiger partial charge in [-0.2, -0.15) is 18.6 Å². The van der Waals surface area contributed by atoms with Gasteiger partial charge in [0.25, 0.3) is 10.1 Å². The van der Waals surface area contributed by atoms with Crippen molar-refractivity contribution in [3.05, 3.63) is 126 Å². The Bertz CT molecular complexity index is 2230. The van der Waals surface area contributed by atoms with Crippen LogP contribution in [0, 0.1) is 0 Å². The molecule has 0 unspecified atom stereocenters. The van der Waals surface area contributed by atoms with Gasteiger partial charge in [-0.25, -0.2) is 0 Å². The maximum atomic E-state index is 12.2. The van der Waals surface area contributed by atoms with E-state index in [1.54, 1.807) is 48.6 Å². The highest BCUT2D eigenvalue weighted by Crippen LogP contribution is 2.33. The zero-order chi connectivity index (χ0) is 30.7. The van der Waals surface area contributed by atoms with E-state index in [4.69, 9.17) is 11.5 Å². The van der Waals surface area contributed by atoms with Crippen molar-refractivity contribution >= 4 is 77.9 Å². The van der Waals surface area contributed by atoms with Crippen molar-refractivity contribution in [2.45, 2.75) is 4.90 Å². The Kier molecular flexibility index (Phi) is 7.67. The molecule has 0 saturated carbocycles. The second-order valence-electron chi connectivity index (χ2n) is 9.96. The Labute approximate surface area is 253 Å². The molecule has 0 saturated heterocycles. The summed E-state index contributed by atoms with van der Waals surface area (Å²) < 4.78 is 34.4. The van der Waals surface area contributed by atoms with E-state index in [0.29, 0.717) is 34.0 Å². The van der Waals surface area contributed by atoms with Crippen LogP contribution < -0.4 is 11.5 Å². The van der Waals surface area contributed by atoms with E-state index in [0.717, 1.165) is 27.1 Å². The molecule has 0 spiro atoms. The van der Waals surface area contributed by atoms with Gasteiger partial charge in [-0.1, -0.05) is 78.9 Å². The molecule has 6 rings (SSSR count). The second-order valence-corrected chi connectivity index (χ2v) is 11.4. The highest BCUT2D eigenvalue weighted by atomic mass is 32.2. The molecule has 5 N–H and O–H groups in total. The molecule has 9 nitrogen and oxygen atoms in total. The van der Waals surface area contributed by atoms with Crippen molar-refractivity contribution in [3.8, 4) is 0 Å². The molecule has 0 bridgehead atoms. The van der Waals surface area contributed by atoms with Crippen LogP contribution in [-0.2, 0) is 10.1 Å². The standard InChI is InChI=1S/C34H26N6O3S/c35-30-17-19-32(28-7-3-1-5-26(28)30)39-37-24-14-10-22(11-15-24)9-12-23-13-16-25(21-34(23)44(41,42)43)38-40-33-20-18-31(36)27-6-2-4-8-29(27)33/h1-21H,35-36H2,(H,41,42,43)/b12-9+,39-37?,40-38?. The summed E-state index contributed by atoms with van der Waals surface area (Å²) >= 11 is 0. The molecular formula is C34H26N6O3S. The smallest absolute Gasteiger partial charge is 0.295 e. The lowest BCUT2D eigenvalue weighted by Crippen LogP contribution is -2.00. The lowest BCUT2D eigenvalue weighted by atomic mass is 10.1. The monoisotopic (exact) mass is 598 g/mol. The maximum Gasteiger partial charge on any atom is 0.295 e. The minimum atomic E-state index is -4.55. The molecule has 6 aromatic rings. The maximum absolute atomic E-state index is 12.2. The minimum absolute atomic E-state index is 0.263. The number of nitrogens with two attached hydrogens (primary N) is 2. The lowest BCUT2D eigenvalue weighted by molar-refractivity contribution is 0.483. The van der Waals surface area contributed by atoms with Crippen molar-refractivity contribution < 1.29 is 13.0 Å². The average molecular weight is 599 g/mol. The van der Waals surface area contributed by atoms with Crippen LogP contribution in [0.3, 0.4) is 0 Å². The molecule has 6 aromatic carbocycles. The first-order valence-corrected chi connectivity index (χ1v) is 15.0. The summed E-state index contributed by atoms with van der Waals surface area (Å²) in [5, 5.41) is 20.8. The van der Waals surface area contributed by atoms with Crippen LogP contribution >= 0.6 is 0 Å². The number of hydrogen-bond donors (Lipinski definition) is 3. The largest absolute Gasteiger partial charge is 0.398 e. The fraction of sp³-hybridized carbons (Fsp3) is 0. The third-order valence-electron chi connectivity index (χ3n) is 7.04. The molecule has 10 heteroatoms. The van der Waals surface area contributed by atoms with Crippen LogP contribution in [0.1, 0.15) is 11.1 Å². The average Bonchev–Trinajstić information content (AvgIpc) is 3.04. The normalized spacial score (nSPS) is 12.3. The molecule has 44 heavy (non-hydrogen) atoms. The minimum Gasteiger partial charge on any atom is -0.398 e. The second kappa shape index (κ2) is 11.9. The zero-order valence-electron chi connectivity index (χ0n) is 23.2. The summed E-state index contributed by atoms with van der Waals surface area (Å²) in [5.41, 5.74) is 16.7. The molecule has 0 aliphatic carbocycles. The number of azo groups is 2. The summed E-state index contributed by atoms with van der Waals surface area (Å²) in [6.45, 7) is 0. The summed E-state index contributed by atoms with van der Waals surface area (Å²) in [7, 11) is -4.55. The fourth-order valence-electron chi connectivity index (χ4n) is 4.79. The van der Waals surface area contributed by atoms with E-state index in [1.165, 1.54) is 6.07 Å². The van der Waals surface area contributed by atoms with Crippen LogP contribution in [0.2, 0.25) is 0 Å². The Morgan fingerprint density at radius 3 is 1.59 bits per heavy atom.